The Labute approximate surface area is 128 Å². The van der Waals surface area contributed by atoms with Crippen molar-refractivity contribution in [2.75, 3.05) is 0 Å². The lowest BCUT2D eigenvalue weighted by atomic mass is 10.1. The largest absolute Gasteiger partial charge is 0.322 e. The zero-order valence-electron chi connectivity index (χ0n) is 11.7. The van der Waals surface area contributed by atoms with Gasteiger partial charge in [0.2, 0.25) is 0 Å². The summed E-state index contributed by atoms with van der Waals surface area (Å²) >= 11 is 6.04. The van der Waals surface area contributed by atoms with Crippen LogP contribution in [0.2, 0.25) is 0 Å². The number of hydrogen-bond acceptors (Lipinski definition) is 2. The van der Waals surface area contributed by atoms with Crippen molar-refractivity contribution >= 4 is 22.6 Å². The minimum absolute atomic E-state index is 0.379. The number of hydrogen-bond donors (Lipinski definition) is 0. The van der Waals surface area contributed by atoms with Crippen LogP contribution in [0.5, 0.6) is 0 Å². The molecule has 4 heteroatoms. The van der Waals surface area contributed by atoms with Crippen LogP contribution >= 0.6 is 11.6 Å². The van der Waals surface area contributed by atoms with E-state index in [1.54, 1.807) is 0 Å². The molecule has 1 aromatic heterocycles. The van der Waals surface area contributed by atoms with Gasteiger partial charge in [0.1, 0.15) is 5.82 Å². The van der Waals surface area contributed by atoms with E-state index >= 15 is 0 Å². The highest BCUT2D eigenvalue weighted by Crippen LogP contribution is 2.22. The van der Waals surface area contributed by atoms with Crippen molar-refractivity contribution in [3.63, 3.8) is 0 Å². The molecule has 0 fully saturated rings. The zero-order valence-corrected chi connectivity index (χ0v) is 12.4. The van der Waals surface area contributed by atoms with E-state index in [1.165, 1.54) is 5.56 Å². The maximum atomic E-state index is 8.86. The fourth-order valence-corrected chi connectivity index (χ4v) is 2.76. The van der Waals surface area contributed by atoms with E-state index in [2.05, 4.69) is 28.6 Å². The Balaban J connectivity index is 2.08. The van der Waals surface area contributed by atoms with Gasteiger partial charge in [-0.15, -0.1) is 11.6 Å². The van der Waals surface area contributed by atoms with Crippen LogP contribution in [0.15, 0.2) is 42.5 Å². The van der Waals surface area contributed by atoms with Crippen molar-refractivity contribution in [1.82, 2.24) is 9.55 Å². The van der Waals surface area contributed by atoms with Crippen molar-refractivity contribution in [2.24, 2.45) is 0 Å². The Bertz CT molecular complexity index is 826. The molecular formula is C17H14ClN3. The van der Waals surface area contributed by atoms with E-state index in [0.717, 1.165) is 22.4 Å². The average molecular weight is 296 g/mol. The number of halogens is 1. The van der Waals surface area contributed by atoms with Gasteiger partial charge in [0.15, 0.2) is 0 Å². The smallest absolute Gasteiger partial charge is 0.125 e. The Hall–Kier alpha value is -2.31. The van der Waals surface area contributed by atoms with Crippen molar-refractivity contribution in [3.8, 4) is 6.07 Å². The number of nitriles is 1. The summed E-state index contributed by atoms with van der Waals surface area (Å²) < 4.78 is 2.15. The molecule has 0 atom stereocenters. The SMILES string of the molecule is Cc1cccc2nc(CCl)n(Cc3ccc(C#N)cc3)c12. The number of alkyl halides is 1. The van der Waals surface area contributed by atoms with Crippen LogP contribution in [-0.4, -0.2) is 9.55 Å². The minimum Gasteiger partial charge on any atom is -0.322 e. The maximum Gasteiger partial charge on any atom is 0.125 e. The first-order valence-corrected chi connectivity index (χ1v) is 7.26. The van der Waals surface area contributed by atoms with Crippen molar-refractivity contribution in [1.29, 1.82) is 5.26 Å². The second-order valence-electron chi connectivity index (χ2n) is 5.00. The summed E-state index contributed by atoms with van der Waals surface area (Å²) in [7, 11) is 0. The third kappa shape index (κ3) is 2.51. The van der Waals surface area contributed by atoms with Crippen LogP contribution < -0.4 is 0 Å². The third-order valence-corrected chi connectivity index (χ3v) is 3.83. The van der Waals surface area contributed by atoms with Gasteiger partial charge in [-0.2, -0.15) is 5.26 Å². The number of imidazole rings is 1. The van der Waals surface area contributed by atoms with Gasteiger partial charge in [-0.3, -0.25) is 0 Å². The van der Waals surface area contributed by atoms with E-state index in [-0.39, 0.29) is 0 Å². The molecule has 0 spiro atoms. The van der Waals surface area contributed by atoms with E-state index < -0.39 is 0 Å². The number of rotatable bonds is 3. The minimum atomic E-state index is 0.379. The van der Waals surface area contributed by atoms with Gasteiger partial charge < -0.3 is 4.57 Å². The molecule has 0 saturated heterocycles. The molecule has 0 radical (unpaired) electrons. The van der Waals surface area contributed by atoms with Gasteiger partial charge in [0.05, 0.1) is 28.5 Å². The molecule has 0 amide bonds. The van der Waals surface area contributed by atoms with Crippen LogP contribution in [0, 0.1) is 18.3 Å². The summed E-state index contributed by atoms with van der Waals surface area (Å²) in [6.07, 6.45) is 0. The third-order valence-electron chi connectivity index (χ3n) is 3.59. The van der Waals surface area contributed by atoms with Gasteiger partial charge in [0.25, 0.3) is 0 Å². The second kappa shape index (κ2) is 5.59. The average Bonchev–Trinajstić information content (AvgIpc) is 2.87. The van der Waals surface area contributed by atoms with Crippen molar-refractivity contribution < 1.29 is 0 Å². The van der Waals surface area contributed by atoms with Gasteiger partial charge >= 0.3 is 0 Å². The fourth-order valence-electron chi connectivity index (χ4n) is 2.55. The fraction of sp³-hybridized carbons (Fsp3) is 0.176. The van der Waals surface area contributed by atoms with E-state index in [4.69, 9.17) is 16.9 Å². The molecular weight excluding hydrogens is 282 g/mol. The molecule has 0 aliphatic carbocycles. The van der Waals surface area contributed by atoms with Crippen molar-refractivity contribution in [2.45, 2.75) is 19.3 Å². The zero-order chi connectivity index (χ0) is 14.8. The monoisotopic (exact) mass is 295 g/mol. The Morgan fingerprint density at radius 2 is 1.95 bits per heavy atom. The maximum absolute atomic E-state index is 8.86. The van der Waals surface area contributed by atoms with Crippen LogP contribution in [0.25, 0.3) is 11.0 Å². The first-order valence-electron chi connectivity index (χ1n) is 6.72. The van der Waals surface area contributed by atoms with E-state index in [1.807, 2.05) is 36.4 Å². The lowest BCUT2D eigenvalue weighted by Crippen LogP contribution is -2.04. The molecule has 1 heterocycles. The summed E-state index contributed by atoms with van der Waals surface area (Å²) in [4.78, 5) is 4.60. The molecule has 0 saturated carbocycles. The quantitative estimate of drug-likeness (QED) is 0.685. The first kappa shape index (κ1) is 13.7. The highest BCUT2D eigenvalue weighted by Gasteiger charge is 2.12. The molecule has 0 bridgehead atoms. The van der Waals surface area contributed by atoms with Gasteiger partial charge in [0, 0.05) is 6.54 Å². The highest BCUT2D eigenvalue weighted by atomic mass is 35.5. The number of fused-ring (bicyclic) bond motifs is 1. The Kier molecular flexibility index (Phi) is 3.64. The lowest BCUT2D eigenvalue weighted by Gasteiger charge is -2.09. The molecule has 21 heavy (non-hydrogen) atoms. The standard InChI is InChI=1S/C17H14ClN3/c1-12-3-2-4-15-17(12)21(16(9-18)20-15)11-14-7-5-13(10-19)6-8-14/h2-8H,9,11H2,1H3. The molecule has 0 unspecified atom stereocenters. The first-order chi connectivity index (χ1) is 10.2. The molecule has 3 nitrogen and oxygen atoms in total. The summed E-state index contributed by atoms with van der Waals surface area (Å²) in [6, 6.07) is 15.8. The Morgan fingerprint density at radius 1 is 1.19 bits per heavy atom. The molecule has 104 valence electrons. The van der Waals surface area contributed by atoms with Crippen LogP contribution in [0.4, 0.5) is 0 Å². The summed E-state index contributed by atoms with van der Waals surface area (Å²) in [5.41, 5.74) is 5.08. The second-order valence-corrected chi connectivity index (χ2v) is 5.27. The highest BCUT2D eigenvalue weighted by molar-refractivity contribution is 6.16. The van der Waals surface area contributed by atoms with Crippen LogP contribution in [0.1, 0.15) is 22.5 Å². The molecule has 3 rings (SSSR count). The van der Waals surface area contributed by atoms with Crippen LogP contribution in [0.3, 0.4) is 0 Å². The molecule has 3 aromatic rings. The molecule has 2 aromatic carbocycles. The number of aryl methyl sites for hydroxylation is 1. The topological polar surface area (TPSA) is 41.6 Å². The predicted molar refractivity (Wildman–Crippen MR) is 84.3 cm³/mol. The molecule has 0 aliphatic heterocycles. The molecule has 0 aliphatic rings. The summed E-state index contributed by atoms with van der Waals surface area (Å²) in [6.45, 7) is 2.78. The predicted octanol–water partition coefficient (Wildman–Crippen LogP) is 4.00. The van der Waals surface area contributed by atoms with E-state index in [0.29, 0.717) is 18.0 Å². The number of para-hydroxylation sites is 1. The Morgan fingerprint density at radius 3 is 2.62 bits per heavy atom. The number of nitrogens with zero attached hydrogens (tertiary/aromatic N) is 3. The number of aromatic nitrogens is 2. The van der Waals surface area contributed by atoms with Gasteiger partial charge in [-0.25, -0.2) is 4.98 Å². The normalized spacial score (nSPS) is 10.7. The van der Waals surface area contributed by atoms with E-state index in [9.17, 15) is 0 Å². The van der Waals surface area contributed by atoms with Crippen molar-refractivity contribution in [3.05, 3.63) is 65.0 Å². The van der Waals surface area contributed by atoms with Gasteiger partial charge in [-0.05, 0) is 36.2 Å². The lowest BCUT2D eigenvalue weighted by molar-refractivity contribution is 0.777. The van der Waals surface area contributed by atoms with Gasteiger partial charge in [-0.1, -0.05) is 24.3 Å². The number of benzene rings is 2. The summed E-state index contributed by atoms with van der Waals surface area (Å²) in [5.74, 6) is 1.25. The molecule has 0 N–H and O–H groups in total. The summed E-state index contributed by atoms with van der Waals surface area (Å²) in [5, 5.41) is 8.86. The van der Waals surface area contributed by atoms with Crippen LogP contribution in [-0.2, 0) is 12.4 Å².